The number of hydrogen-bond donors (Lipinski definition) is 5. The number of carbonyl (C=O) groups is 6. The van der Waals surface area contributed by atoms with Gasteiger partial charge in [0, 0.05) is 44.3 Å². The van der Waals surface area contributed by atoms with Crippen LogP contribution >= 0.6 is 11.9 Å². The molecule has 1 fully saturated rings. The Labute approximate surface area is 390 Å². The van der Waals surface area contributed by atoms with Crippen LogP contribution in [0, 0.1) is 28.6 Å². The van der Waals surface area contributed by atoms with Gasteiger partial charge in [0.1, 0.15) is 16.5 Å². The maximum Gasteiger partial charge on any atom is 0.408 e. The standard InChI is InChI=1S/C45H77N9O10S/c1-16-29(6)39(52(13)37(57)26-47-54(61)43(28(4)5)51(11)12)34(62-14)24-36(56)53-23-17-18-33(53)40(63-15)30(7)41(58)50-65-32-21-19-31(20-22-32)48-35(55)25-46-42(59)38(27(2)3)49-44(60)64-45(8,9)10/h19-22,27-30,33-34,38-40,43H,16-18,23-26H2,1-15H3,(H4-,46,47,48,49,50,55,58,59,60,61)/p+1. The number of alkyl carbamates (subject to hydrolysis) is 1. The number of likely N-dealkylation sites (tertiary alicyclic amines) is 1. The van der Waals surface area contributed by atoms with E-state index in [1.165, 1.54) is 14.2 Å². The highest BCUT2D eigenvalue weighted by molar-refractivity contribution is 7.98. The average molecular weight is 937 g/mol. The summed E-state index contributed by atoms with van der Waals surface area (Å²) in [5.41, 5.74) is 2.45. The largest absolute Gasteiger partial charge is 0.444 e. The molecule has 19 nitrogen and oxygen atoms in total. The quantitative estimate of drug-likeness (QED) is 0.0403. The van der Waals surface area contributed by atoms with Gasteiger partial charge in [-0.25, -0.2) is 9.69 Å². The summed E-state index contributed by atoms with van der Waals surface area (Å²) < 4.78 is 20.0. The smallest absolute Gasteiger partial charge is 0.408 e. The van der Waals surface area contributed by atoms with E-state index in [2.05, 4.69) is 26.1 Å². The number of anilines is 1. The predicted octanol–water partition coefficient (Wildman–Crippen LogP) is 4.16. The van der Waals surface area contributed by atoms with Crippen molar-refractivity contribution in [3.05, 3.63) is 29.2 Å². The van der Waals surface area contributed by atoms with Gasteiger partial charge >= 0.3 is 6.09 Å². The van der Waals surface area contributed by atoms with E-state index in [9.17, 15) is 33.7 Å². The van der Waals surface area contributed by atoms with Crippen molar-refractivity contribution in [2.45, 2.75) is 142 Å². The van der Waals surface area contributed by atoms with E-state index in [0.717, 1.165) is 24.8 Å². The fourth-order valence-electron chi connectivity index (χ4n) is 8.03. The number of ether oxygens (including phenoxy) is 3. The van der Waals surface area contributed by atoms with Crippen LogP contribution in [0.1, 0.15) is 94.9 Å². The van der Waals surface area contributed by atoms with E-state index >= 15 is 0 Å². The van der Waals surface area contributed by atoms with Crippen molar-refractivity contribution in [1.82, 2.24) is 35.5 Å². The molecule has 1 saturated heterocycles. The van der Waals surface area contributed by atoms with Crippen molar-refractivity contribution in [2.75, 3.05) is 60.3 Å². The molecule has 368 valence electrons. The highest BCUT2D eigenvalue weighted by atomic mass is 32.2. The minimum absolute atomic E-state index is 0.000663. The molecule has 5 N–H and O–H groups in total. The number of rotatable bonds is 25. The van der Waals surface area contributed by atoms with Crippen LogP contribution in [0.4, 0.5) is 10.5 Å². The molecular formula is C45H78N9O10S+. The number of carbonyl (C=O) groups excluding carboxylic acids is 6. The summed E-state index contributed by atoms with van der Waals surface area (Å²) in [7, 11) is 8.35. The van der Waals surface area contributed by atoms with E-state index in [1.807, 2.05) is 41.8 Å². The molecule has 1 aliphatic rings. The van der Waals surface area contributed by atoms with Crippen LogP contribution in [-0.4, -0.2) is 152 Å². The van der Waals surface area contributed by atoms with Crippen molar-refractivity contribution in [3.63, 3.8) is 0 Å². The molecule has 1 aliphatic heterocycles. The third-order valence-corrected chi connectivity index (χ3v) is 12.3. The van der Waals surface area contributed by atoms with Gasteiger partial charge in [-0.1, -0.05) is 54.9 Å². The normalized spacial score (nSPS) is 17.3. The van der Waals surface area contributed by atoms with Gasteiger partial charge in [0.15, 0.2) is 6.54 Å². The number of hydrogen-bond acceptors (Lipinski definition) is 12. The van der Waals surface area contributed by atoms with Gasteiger partial charge in [-0.05, 0) is 95.8 Å². The molecule has 0 spiro atoms. The number of nitroso groups, excluding NO2 is 1. The zero-order valence-corrected chi connectivity index (χ0v) is 42.1. The van der Waals surface area contributed by atoms with E-state index < -0.39 is 59.9 Å². The summed E-state index contributed by atoms with van der Waals surface area (Å²) >= 11 is 1.10. The molecule has 1 aromatic carbocycles. The van der Waals surface area contributed by atoms with Crippen LogP contribution in [0.2, 0.25) is 0 Å². The SMILES string of the molecule is CCC(C)C(C(CC(=O)N1CCCC1C(OC)C(C)C(=O)NSc1ccc(NC(=O)CNC(=O)C(NC(=O)OC(C)(C)C)C(C)C)cc1)OC)N(C)C(=O)CN[N+](=O)C(C(C)C)N(C)C. The summed E-state index contributed by atoms with van der Waals surface area (Å²) in [5, 5.41) is 7.84. The summed E-state index contributed by atoms with van der Waals surface area (Å²) in [6.45, 7) is 18.3. The molecular weight excluding hydrogens is 859 g/mol. The second-order valence-electron chi connectivity index (χ2n) is 18.7. The second kappa shape index (κ2) is 26.6. The van der Waals surface area contributed by atoms with Crippen molar-refractivity contribution in [3.8, 4) is 0 Å². The third-order valence-electron chi connectivity index (χ3n) is 11.5. The van der Waals surface area contributed by atoms with E-state index in [4.69, 9.17) is 14.2 Å². The Kier molecular flexibility index (Phi) is 23.1. The Bertz CT molecular complexity index is 1730. The van der Waals surface area contributed by atoms with Crippen molar-refractivity contribution < 1.29 is 47.8 Å². The molecule has 0 radical (unpaired) electrons. The minimum Gasteiger partial charge on any atom is -0.444 e. The van der Waals surface area contributed by atoms with Crippen LogP contribution in [-0.2, 0) is 38.2 Å². The number of likely N-dealkylation sites (N-methyl/N-ethyl adjacent to an activating group) is 1. The topological polar surface area (TPSA) is 220 Å². The molecule has 2 rings (SSSR count). The predicted molar refractivity (Wildman–Crippen MR) is 250 cm³/mol. The Morgan fingerprint density at radius 1 is 0.908 bits per heavy atom. The van der Waals surface area contributed by atoms with Gasteiger partial charge in [-0.15, -0.1) is 5.43 Å². The number of methoxy groups -OCH3 is 2. The number of nitrogens with zero attached hydrogens (tertiary/aromatic N) is 4. The van der Waals surface area contributed by atoms with Crippen LogP contribution in [0.25, 0.3) is 0 Å². The summed E-state index contributed by atoms with van der Waals surface area (Å²) in [5.74, 6) is -2.70. The van der Waals surface area contributed by atoms with Gasteiger partial charge in [0.05, 0.1) is 48.1 Å². The molecule has 65 heavy (non-hydrogen) atoms. The first kappa shape index (κ1) is 56.6. The van der Waals surface area contributed by atoms with Crippen LogP contribution in [0.15, 0.2) is 29.2 Å². The second-order valence-corrected chi connectivity index (χ2v) is 19.5. The Morgan fingerprint density at radius 2 is 1.54 bits per heavy atom. The number of hydrazine groups is 1. The lowest BCUT2D eigenvalue weighted by Crippen LogP contribution is -2.55. The van der Waals surface area contributed by atoms with Crippen molar-refractivity contribution in [1.29, 1.82) is 0 Å². The highest BCUT2D eigenvalue weighted by Gasteiger charge is 2.42. The first-order chi connectivity index (χ1) is 30.4. The average Bonchev–Trinajstić information content (AvgIpc) is 3.72. The first-order valence-corrected chi connectivity index (χ1v) is 23.3. The van der Waals surface area contributed by atoms with Gasteiger partial charge < -0.3 is 40.0 Å². The fourth-order valence-corrected chi connectivity index (χ4v) is 8.70. The molecule has 0 aliphatic carbocycles. The summed E-state index contributed by atoms with van der Waals surface area (Å²) in [6.07, 6.45) is -0.375. The van der Waals surface area contributed by atoms with Crippen molar-refractivity contribution >= 4 is 53.3 Å². The van der Waals surface area contributed by atoms with E-state index in [1.54, 1.807) is 87.6 Å². The Morgan fingerprint density at radius 3 is 2.06 bits per heavy atom. The third kappa shape index (κ3) is 17.7. The highest BCUT2D eigenvalue weighted by Crippen LogP contribution is 2.30. The zero-order chi connectivity index (χ0) is 49.3. The number of benzene rings is 1. The minimum atomic E-state index is -0.904. The van der Waals surface area contributed by atoms with E-state index in [-0.39, 0.29) is 61.0 Å². The lowest BCUT2D eigenvalue weighted by Gasteiger charge is -2.39. The maximum absolute atomic E-state index is 14.1. The van der Waals surface area contributed by atoms with E-state index in [0.29, 0.717) is 28.4 Å². The molecule has 8 unspecified atom stereocenters. The molecule has 6 amide bonds. The molecule has 1 aromatic rings. The first-order valence-electron chi connectivity index (χ1n) is 22.5. The number of nitrogens with one attached hydrogen (secondary N) is 5. The van der Waals surface area contributed by atoms with Gasteiger partial charge in [0.2, 0.25) is 29.5 Å². The summed E-state index contributed by atoms with van der Waals surface area (Å²) in [6, 6.07) is 5.03. The molecule has 1 heterocycles. The lowest BCUT2D eigenvalue weighted by atomic mass is 9.90. The zero-order valence-electron chi connectivity index (χ0n) is 41.3. The lowest BCUT2D eigenvalue weighted by molar-refractivity contribution is -0.664. The Hall–Kier alpha value is -4.53. The molecule has 0 aromatic heterocycles. The van der Waals surface area contributed by atoms with Crippen LogP contribution in [0.3, 0.4) is 0 Å². The van der Waals surface area contributed by atoms with Gasteiger partial charge in [-0.3, -0.25) is 28.7 Å². The van der Waals surface area contributed by atoms with Gasteiger partial charge in [0.25, 0.3) is 6.17 Å². The van der Waals surface area contributed by atoms with Crippen LogP contribution in [0.5, 0.6) is 0 Å². The number of amides is 6. The maximum atomic E-state index is 14.1. The fraction of sp³-hybridized carbons (Fsp3) is 0.733. The molecule has 0 saturated carbocycles. The summed E-state index contributed by atoms with van der Waals surface area (Å²) in [4.78, 5) is 98.3. The molecule has 8 atom stereocenters. The molecule has 20 heteroatoms. The Balaban J connectivity index is 2.02. The van der Waals surface area contributed by atoms with Crippen LogP contribution < -0.4 is 26.1 Å². The molecule has 0 bridgehead atoms. The van der Waals surface area contributed by atoms with Crippen molar-refractivity contribution in [2.24, 2.45) is 23.7 Å². The monoisotopic (exact) mass is 937 g/mol. The van der Waals surface area contributed by atoms with Gasteiger partial charge in [-0.2, -0.15) is 0 Å².